The van der Waals surface area contributed by atoms with E-state index >= 15 is 0 Å². The molecule has 1 aliphatic rings. The number of nitriles is 2. The summed E-state index contributed by atoms with van der Waals surface area (Å²) in [5.41, 5.74) is 9.36. The molecule has 1 unspecified atom stereocenters. The van der Waals surface area contributed by atoms with E-state index in [1.807, 2.05) is 6.07 Å². The summed E-state index contributed by atoms with van der Waals surface area (Å²) in [7, 11) is 0. The molecule has 37 heavy (non-hydrogen) atoms. The third-order valence-corrected chi connectivity index (χ3v) is 5.50. The Hall–Kier alpha value is -4.98. The number of fused-ring (bicyclic) bond motifs is 1. The first-order valence-corrected chi connectivity index (χ1v) is 10.2. The van der Waals surface area contributed by atoms with Crippen molar-refractivity contribution in [3.8, 4) is 23.4 Å². The number of hydrogen-bond donors (Lipinski definition) is 4. The van der Waals surface area contributed by atoms with Crippen molar-refractivity contribution in [1.82, 2.24) is 10.3 Å². The first-order chi connectivity index (χ1) is 17.3. The Kier molecular flexibility index (Phi) is 6.05. The SMILES string of the molecule is N#CNC1=NC(c2ccc(-c3cc(C(F)(F)F)cc(C(F)(F)F)c3)cc2)c2c(nc(N)c(C#N)c2N)N1. The fourth-order valence-corrected chi connectivity index (χ4v) is 3.80. The predicted octanol–water partition coefficient (Wildman–Crippen LogP) is 4.76. The number of aliphatic imine (C=N–C) groups is 1. The lowest BCUT2D eigenvalue weighted by Crippen LogP contribution is -2.32. The van der Waals surface area contributed by atoms with Gasteiger partial charge >= 0.3 is 12.4 Å². The molecule has 4 rings (SSSR count). The van der Waals surface area contributed by atoms with Gasteiger partial charge in [-0.1, -0.05) is 24.3 Å². The minimum Gasteiger partial charge on any atom is -0.397 e. The van der Waals surface area contributed by atoms with Gasteiger partial charge in [0, 0.05) is 5.56 Å². The van der Waals surface area contributed by atoms with Crippen LogP contribution < -0.4 is 22.1 Å². The average molecular weight is 516 g/mol. The molecule has 0 amide bonds. The van der Waals surface area contributed by atoms with Gasteiger partial charge in [0.15, 0.2) is 6.19 Å². The van der Waals surface area contributed by atoms with Gasteiger partial charge < -0.3 is 16.8 Å². The Bertz CT molecular complexity index is 1460. The third kappa shape index (κ3) is 4.77. The number of anilines is 3. The highest BCUT2D eigenvalue weighted by atomic mass is 19.4. The second-order valence-corrected chi connectivity index (χ2v) is 7.82. The first kappa shape index (κ1) is 25.1. The highest BCUT2D eigenvalue weighted by molar-refractivity contribution is 5.98. The second kappa shape index (κ2) is 8.91. The molecule has 0 saturated heterocycles. The Morgan fingerprint density at radius 2 is 1.49 bits per heavy atom. The number of halogens is 6. The Morgan fingerprint density at radius 1 is 0.892 bits per heavy atom. The van der Waals surface area contributed by atoms with E-state index in [9.17, 15) is 31.6 Å². The summed E-state index contributed by atoms with van der Waals surface area (Å²) in [5, 5.41) is 23.4. The fourth-order valence-electron chi connectivity index (χ4n) is 3.80. The molecule has 1 aliphatic heterocycles. The molecular formula is C23H14F6N8. The van der Waals surface area contributed by atoms with Crippen molar-refractivity contribution in [2.24, 2.45) is 4.99 Å². The summed E-state index contributed by atoms with van der Waals surface area (Å²) in [6.07, 6.45) is -8.29. The Morgan fingerprint density at radius 3 is 2.00 bits per heavy atom. The fraction of sp³-hybridized carbons (Fsp3) is 0.130. The van der Waals surface area contributed by atoms with Crippen LogP contribution in [0.15, 0.2) is 47.5 Å². The van der Waals surface area contributed by atoms with E-state index in [1.54, 1.807) is 6.19 Å². The molecule has 1 atom stereocenters. The van der Waals surface area contributed by atoms with Gasteiger partial charge in [-0.05, 0) is 34.9 Å². The van der Waals surface area contributed by atoms with Crippen LogP contribution in [0.25, 0.3) is 11.1 Å². The summed E-state index contributed by atoms with van der Waals surface area (Å²) in [5.74, 6) is -0.0696. The number of benzene rings is 2. The topological polar surface area (TPSA) is 149 Å². The lowest BCUT2D eigenvalue weighted by molar-refractivity contribution is -0.143. The number of rotatable bonds is 2. The van der Waals surface area contributed by atoms with Crippen LogP contribution in [-0.4, -0.2) is 10.9 Å². The standard InChI is InChI=1S/C23H14F6N8/c24-22(25,26)13-5-12(6-14(7-13)23(27,28)29)10-1-3-11(4-2-10)18-16-17(32)15(8-30)19(33)36-20(16)37-21(35-18)34-9-31/h1-7,18H,(H6,32,33,34,35,36,37). The van der Waals surface area contributed by atoms with Crippen LogP contribution in [0, 0.1) is 22.8 Å². The van der Waals surface area contributed by atoms with Crippen molar-refractivity contribution < 1.29 is 26.3 Å². The van der Waals surface area contributed by atoms with Gasteiger partial charge in [-0.15, -0.1) is 0 Å². The van der Waals surface area contributed by atoms with Gasteiger partial charge in [-0.2, -0.15) is 36.9 Å². The monoisotopic (exact) mass is 516 g/mol. The van der Waals surface area contributed by atoms with Crippen molar-refractivity contribution in [1.29, 1.82) is 10.5 Å². The first-order valence-electron chi connectivity index (χ1n) is 10.2. The maximum absolute atomic E-state index is 13.3. The predicted molar refractivity (Wildman–Crippen MR) is 121 cm³/mol. The third-order valence-electron chi connectivity index (χ3n) is 5.50. The van der Waals surface area contributed by atoms with Gasteiger partial charge in [0.25, 0.3) is 0 Å². The number of alkyl halides is 6. The van der Waals surface area contributed by atoms with Crippen LogP contribution in [0.1, 0.15) is 33.9 Å². The van der Waals surface area contributed by atoms with E-state index in [0.29, 0.717) is 17.7 Å². The molecule has 0 fully saturated rings. The molecule has 14 heteroatoms. The van der Waals surface area contributed by atoms with E-state index in [2.05, 4.69) is 20.6 Å². The molecule has 6 N–H and O–H groups in total. The van der Waals surface area contributed by atoms with Crippen molar-refractivity contribution in [2.75, 3.05) is 16.8 Å². The summed E-state index contributed by atoms with van der Waals surface area (Å²) >= 11 is 0. The Balaban J connectivity index is 1.82. The second-order valence-electron chi connectivity index (χ2n) is 7.82. The van der Waals surface area contributed by atoms with Gasteiger partial charge in [-0.3, -0.25) is 5.32 Å². The van der Waals surface area contributed by atoms with Crippen molar-refractivity contribution in [2.45, 2.75) is 18.4 Å². The van der Waals surface area contributed by atoms with Crippen LogP contribution in [0.2, 0.25) is 0 Å². The molecule has 0 aliphatic carbocycles. The van der Waals surface area contributed by atoms with Gasteiger partial charge in [0.05, 0.1) is 16.8 Å². The van der Waals surface area contributed by atoms with Crippen molar-refractivity contribution in [3.63, 3.8) is 0 Å². The van der Waals surface area contributed by atoms with Gasteiger partial charge in [0.1, 0.15) is 29.3 Å². The average Bonchev–Trinajstić information content (AvgIpc) is 2.82. The number of hydrogen-bond acceptors (Lipinski definition) is 8. The number of nitrogens with zero attached hydrogens (tertiary/aromatic N) is 4. The van der Waals surface area contributed by atoms with Crippen LogP contribution in [0.4, 0.5) is 43.7 Å². The molecule has 188 valence electrons. The maximum Gasteiger partial charge on any atom is 0.416 e. The lowest BCUT2D eigenvalue weighted by Gasteiger charge is -2.26. The highest BCUT2D eigenvalue weighted by Gasteiger charge is 2.37. The van der Waals surface area contributed by atoms with E-state index in [0.717, 1.165) is 0 Å². The van der Waals surface area contributed by atoms with Gasteiger partial charge in [0.2, 0.25) is 5.96 Å². The number of nitrogen functional groups attached to an aromatic ring is 2. The zero-order valence-corrected chi connectivity index (χ0v) is 18.3. The quantitative estimate of drug-likeness (QED) is 0.218. The molecule has 0 saturated carbocycles. The largest absolute Gasteiger partial charge is 0.416 e. The molecule has 1 aromatic heterocycles. The van der Waals surface area contributed by atoms with Crippen molar-refractivity contribution in [3.05, 3.63) is 70.3 Å². The maximum atomic E-state index is 13.3. The van der Waals surface area contributed by atoms with Gasteiger partial charge in [-0.25, -0.2) is 9.98 Å². The molecule has 2 heterocycles. The number of pyridine rings is 1. The molecule has 8 nitrogen and oxygen atoms in total. The Labute approximate surface area is 204 Å². The summed E-state index contributed by atoms with van der Waals surface area (Å²) in [6, 6.07) is 7.72. The summed E-state index contributed by atoms with van der Waals surface area (Å²) in [6.45, 7) is 0. The number of nitrogens with two attached hydrogens (primary N) is 2. The van der Waals surface area contributed by atoms with Crippen LogP contribution in [0.5, 0.6) is 0 Å². The molecular weight excluding hydrogens is 502 g/mol. The molecule has 2 aromatic carbocycles. The molecule has 3 aromatic rings. The van der Waals surface area contributed by atoms with E-state index < -0.39 is 29.5 Å². The number of guanidine groups is 1. The minimum absolute atomic E-state index is 0.0206. The lowest BCUT2D eigenvalue weighted by atomic mass is 9.93. The van der Waals surface area contributed by atoms with E-state index in [-0.39, 0.29) is 51.6 Å². The van der Waals surface area contributed by atoms with Crippen LogP contribution >= 0.6 is 0 Å². The minimum atomic E-state index is -4.99. The molecule has 0 radical (unpaired) electrons. The summed E-state index contributed by atoms with van der Waals surface area (Å²) in [4.78, 5) is 8.45. The molecule has 0 spiro atoms. The van der Waals surface area contributed by atoms with Crippen LogP contribution in [-0.2, 0) is 12.4 Å². The number of nitrogens with one attached hydrogen (secondary N) is 2. The van der Waals surface area contributed by atoms with Crippen LogP contribution in [0.3, 0.4) is 0 Å². The smallest absolute Gasteiger partial charge is 0.397 e. The zero-order valence-electron chi connectivity index (χ0n) is 18.3. The zero-order chi connectivity index (χ0) is 27.1. The summed E-state index contributed by atoms with van der Waals surface area (Å²) < 4.78 is 79.6. The highest BCUT2D eigenvalue weighted by Crippen LogP contribution is 2.42. The number of aromatic nitrogens is 1. The molecule has 0 bridgehead atoms. The van der Waals surface area contributed by atoms with E-state index in [4.69, 9.17) is 16.7 Å². The van der Waals surface area contributed by atoms with E-state index in [1.165, 1.54) is 24.3 Å². The van der Waals surface area contributed by atoms with Crippen molar-refractivity contribution >= 4 is 23.3 Å². The normalized spacial score (nSPS) is 15.0.